The summed E-state index contributed by atoms with van der Waals surface area (Å²) >= 11 is 0. The van der Waals surface area contributed by atoms with E-state index in [-0.39, 0.29) is 0 Å². The van der Waals surface area contributed by atoms with Gasteiger partial charge in [0, 0.05) is 41.7 Å². The summed E-state index contributed by atoms with van der Waals surface area (Å²) in [5, 5.41) is 1.56. The zero-order valence-electron chi connectivity index (χ0n) is 19.8. The van der Waals surface area contributed by atoms with Gasteiger partial charge in [0.25, 0.3) is 0 Å². The minimum atomic E-state index is -0.440. The van der Waals surface area contributed by atoms with Crippen LogP contribution in [0.25, 0.3) is 44.2 Å². The highest BCUT2D eigenvalue weighted by molar-refractivity contribution is 5.96. The first-order valence-corrected chi connectivity index (χ1v) is 11.6. The molecule has 5 rings (SSSR count). The van der Waals surface area contributed by atoms with E-state index >= 15 is 0 Å². The number of ether oxygens (including phenoxy) is 1. The standard InChI is InChI=1S/C29H25NO5/c1-4-30(5-2)21-10-6-20-15-24(29(32)35-27(20)16-21)19-9-13-26-25(14-19)23(17-28(31)34-26)18-7-11-22(33-3)12-8-18/h6-17H,4-5H2,1-3H3. The van der Waals surface area contributed by atoms with Crippen molar-refractivity contribution in [2.45, 2.75) is 13.8 Å². The molecule has 0 saturated heterocycles. The largest absolute Gasteiger partial charge is 0.497 e. The van der Waals surface area contributed by atoms with Crippen molar-refractivity contribution < 1.29 is 13.6 Å². The Hall–Kier alpha value is -4.32. The van der Waals surface area contributed by atoms with Gasteiger partial charge in [0.2, 0.25) is 0 Å². The number of hydrogen-bond acceptors (Lipinski definition) is 6. The van der Waals surface area contributed by atoms with Crippen molar-refractivity contribution in [1.29, 1.82) is 0 Å². The number of methoxy groups -OCH3 is 1. The highest BCUT2D eigenvalue weighted by Crippen LogP contribution is 2.32. The summed E-state index contributed by atoms with van der Waals surface area (Å²) in [7, 11) is 1.60. The summed E-state index contributed by atoms with van der Waals surface area (Å²) < 4.78 is 16.4. The predicted octanol–water partition coefficient (Wildman–Crippen LogP) is 6.09. The third kappa shape index (κ3) is 4.19. The molecule has 0 spiro atoms. The molecule has 0 aliphatic heterocycles. The molecule has 0 fully saturated rings. The molecular weight excluding hydrogens is 442 g/mol. The van der Waals surface area contributed by atoms with E-state index in [9.17, 15) is 9.59 Å². The molecule has 0 amide bonds. The van der Waals surface area contributed by atoms with Gasteiger partial charge in [-0.3, -0.25) is 0 Å². The van der Waals surface area contributed by atoms with Gasteiger partial charge in [-0.1, -0.05) is 18.2 Å². The lowest BCUT2D eigenvalue weighted by Gasteiger charge is -2.21. The van der Waals surface area contributed by atoms with Crippen molar-refractivity contribution in [1.82, 2.24) is 0 Å². The molecule has 2 heterocycles. The van der Waals surface area contributed by atoms with Crippen molar-refractivity contribution in [3.8, 4) is 28.0 Å². The first-order chi connectivity index (χ1) is 17.0. The van der Waals surface area contributed by atoms with Gasteiger partial charge in [0.15, 0.2) is 0 Å². The van der Waals surface area contributed by atoms with Crippen LogP contribution in [-0.2, 0) is 0 Å². The maximum atomic E-state index is 13.0. The minimum absolute atomic E-state index is 0.420. The molecule has 0 radical (unpaired) electrons. The lowest BCUT2D eigenvalue weighted by atomic mass is 9.98. The van der Waals surface area contributed by atoms with Gasteiger partial charge >= 0.3 is 11.3 Å². The molecule has 0 aliphatic carbocycles. The van der Waals surface area contributed by atoms with Crippen molar-refractivity contribution >= 4 is 27.6 Å². The van der Waals surface area contributed by atoms with Crippen LogP contribution in [0.15, 0.2) is 91.2 Å². The molecule has 6 nitrogen and oxygen atoms in total. The molecule has 2 aromatic heterocycles. The average molecular weight is 468 g/mol. The van der Waals surface area contributed by atoms with Gasteiger partial charge < -0.3 is 18.5 Å². The van der Waals surface area contributed by atoms with Gasteiger partial charge in [-0.15, -0.1) is 0 Å². The maximum Gasteiger partial charge on any atom is 0.344 e. The number of anilines is 1. The molecule has 0 saturated carbocycles. The van der Waals surface area contributed by atoms with E-state index in [2.05, 4.69) is 18.7 Å². The topological polar surface area (TPSA) is 72.9 Å². The van der Waals surface area contributed by atoms with E-state index in [4.69, 9.17) is 13.6 Å². The zero-order valence-corrected chi connectivity index (χ0v) is 19.8. The maximum absolute atomic E-state index is 13.0. The summed E-state index contributed by atoms with van der Waals surface area (Å²) in [5.74, 6) is 0.722. The van der Waals surface area contributed by atoms with Crippen LogP contribution in [0, 0.1) is 0 Å². The van der Waals surface area contributed by atoms with Crippen molar-refractivity contribution in [3.05, 3.63) is 93.6 Å². The first-order valence-electron chi connectivity index (χ1n) is 11.6. The van der Waals surface area contributed by atoms with Crippen LogP contribution < -0.4 is 20.9 Å². The molecule has 5 aromatic rings. The Morgan fingerprint density at radius 2 is 1.49 bits per heavy atom. The van der Waals surface area contributed by atoms with Crippen LogP contribution in [0.3, 0.4) is 0 Å². The fourth-order valence-corrected chi connectivity index (χ4v) is 4.43. The van der Waals surface area contributed by atoms with E-state index < -0.39 is 11.3 Å². The normalized spacial score (nSPS) is 11.2. The smallest absolute Gasteiger partial charge is 0.344 e. The summed E-state index contributed by atoms with van der Waals surface area (Å²) in [4.78, 5) is 27.4. The second kappa shape index (κ2) is 9.14. The predicted molar refractivity (Wildman–Crippen MR) is 140 cm³/mol. The lowest BCUT2D eigenvalue weighted by Crippen LogP contribution is -2.21. The van der Waals surface area contributed by atoms with Gasteiger partial charge in [-0.25, -0.2) is 9.59 Å². The number of rotatable bonds is 6. The van der Waals surface area contributed by atoms with Crippen molar-refractivity contribution in [2.75, 3.05) is 25.1 Å². The Morgan fingerprint density at radius 1 is 0.743 bits per heavy atom. The second-order valence-corrected chi connectivity index (χ2v) is 8.26. The average Bonchev–Trinajstić information content (AvgIpc) is 2.88. The van der Waals surface area contributed by atoms with E-state index in [1.165, 1.54) is 6.07 Å². The van der Waals surface area contributed by atoms with Crippen LogP contribution in [0.4, 0.5) is 5.69 Å². The Morgan fingerprint density at radius 3 is 2.20 bits per heavy atom. The van der Waals surface area contributed by atoms with E-state index in [1.807, 2.05) is 54.6 Å². The SMILES string of the molecule is CCN(CC)c1ccc2cc(-c3ccc4oc(=O)cc(-c5ccc(OC)cc5)c4c3)c(=O)oc2c1. The Balaban J connectivity index is 1.65. The molecule has 0 N–H and O–H groups in total. The molecule has 3 aromatic carbocycles. The Kier molecular flexibility index (Phi) is 5.87. The van der Waals surface area contributed by atoms with Crippen LogP contribution in [0.5, 0.6) is 5.75 Å². The number of benzene rings is 3. The number of hydrogen-bond donors (Lipinski definition) is 0. The molecular formula is C29H25NO5. The zero-order chi connectivity index (χ0) is 24.5. The van der Waals surface area contributed by atoms with Crippen LogP contribution in [-0.4, -0.2) is 20.2 Å². The fourth-order valence-electron chi connectivity index (χ4n) is 4.43. The van der Waals surface area contributed by atoms with Crippen molar-refractivity contribution in [3.63, 3.8) is 0 Å². The quantitative estimate of drug-likeness (QED) is 0.282. The molecule has 0 aliphatic rings. The summed E-state index contributed by atoms with van der Waals surface area (Å²) in [6.07, 6.45) is 0. The Bertz CT molecular complexity index is 1640. The third-order valence-electron chi connectivity index (χ3n) is 6.30. The van der Waals surface area contributed by atoms with Crippen molar-refractivity contribution in [2.24, 2.45) is 0 Å². The highest BCUT2D eigenvalue weighted by Gasteiger charge is 2.14. The fraction of sp³-hybridized carbons (Fsp3) is 0.172. The van der Waals surface area contributed by atoms with Gasteiger partial charge in [-0.2, -0.15) is 0 Å². The third-order valence-corrected chi connectivity index (χ3v) is 6.30. The van der Waals surface area contributed by atoms with E-state index in [0.29, 0.717) is 22.3 Å². The van der Waals surface area contributed by atoms with Gasteiger partial charge in [0.05, 0.1) is 12.7 Å². The molecule has 0 bridgehead atoms. The second-order valence-electron chi connectivity index (χ2n) is 8.26. The minimum Gasteiger partial charge on any atom is -0.497 e. The summed E-state index contributed by atoms with van der Waals surface area (Å²) in [5.41, 5.74) is 3.84. The molecule has 35 heavy (non-hydrogen) atoms. The molecule has 6 heteroatoms. The van der Waals surface area contributed by atoms with Crippen LogP contribution in [0.1, 0.15) is 13.8 Å². The first kappa shape index (κ1) is 22.5. The molecule has 0 atom stereocenters. The van der Waals surface area contributed by atoms with E-state index in [0.717, 1.165) is 46.4 Å². The monoisotopic (exact) mass is 467 g/mol. The summed E-state index contributed by atoms with van der Waals surface area (Å²) in [6, 6.07) is 22.0. The van der Waals surface area contributed by atoms with Gasteiger partial charge in [0.1, 0.15) is 16.9 Å². The summed E-state index contributed by atoms with van der Waals surface area (Å²) in [6.45, 7) is 5.92. The Labute approximate surface area is 202 Å². The number of nitrogens with zero attached hydrogens (tertiary/aromatic N) is 1. The molecule has 0 unspecified atom stereocenters. The van der Waals surface area contributed by atoms with E-state index in [1.54, 1.807) is 19.2 Å². The van der Waals surface area contributed by atoms with Crippen LogP contribution >= 0.6 is 0 Å². The number of fused-ring (bicyclic) bond motifs is 2. The van der Waals surface area contributed by atoms with Crippen LogP contribution in [0.2, 0.25) is 0 Å². The molecule has 176 valence electrons. The van der Waals surface area contributed by atoms with Gasteiger partial charge in [-0.05, 0) is 73.0 Å². The lowest BCUT2D eigenvalue weighted by molar-refractivity contribution is 0.415. The highest BCUT2D eigenvalue weighted by atomic mass is 16.5.